The van der Waals surface area contributed by atoms with Crippen LogP contribution in [0.1, 0.15) is 24.5 Å². The lowest BCUT2D eigenvalue weighted by Crippen LogP contribution is -2.52. The maximum absolute atomic E-state index is 5.73. The van der Waals surface area contributed by atoms with Crippen LogP contribution in [0.4, 0.5) is 5.95 Å². The van der Waals surface area contributed by atoms with Crippen LogP contribution in [0.15, 0.2) is 47.7 Å². The molecule has 0 spiro atoms. The predicted octanol–water partition coefficient (Wildman–Crippen LogP) is 2.30. The molecule has 2 heterocycles. The quantitative estimate of drug-likeness (QED) is 0.450. The van der Waals surface area contributed by atoms with Gasteiger partial charge in [-0.2, -0.15) is 0 Å². The second-order valence-electron chi connectivity index (χ2n) is 6.74. The number of piperazine rings is 1. The molecule has 150 valence electrons. The Morgan fingerprint density at radius 1 is 1.07 bits per heavy atom. The van der Waals surface area contributed by atoms with E-state index in [4.69, 9.17) is 4.74 Å². The smallest absolute Gasteiger partial charge is 0.225 e. The third kappa shape index (κ3) is 5.42. The van der Waals surface area contributed by atoms with Crippen molar-refractivity contribution in [3.63, 3.8) is 0 Å². The summed E-state index contributed by atoms with van der Waals surface area (Å²) in [4.78, 5) is 17.7. The van der Waals surface area contributed by atoms with E-state index in [0.717, 1.165) is 57.7 Å². The molecule has 0 amide bonds. The molecule has 0 unspecified atom stereocenters. The number of aliphatic imine (C=N–C) groups is 1. The molecule has 1 aromatic carbocycles. The largest absolute Gasteiger partial charge is 0.377 e. The Morgan fingerprint density at radius 2 is 1.79 bits per heavy atom. The van der Waals surface area contributed by atoms with Crippen molar-refractivity contribution in [3.05, 3.63) is 53.9 Å². The lowest BCUT2D eigenvalue weighted by molar-refractivity contribution is 0.121. The van der Waals surface area contributed by atoms with Gasteiger partial charge >= 0.3 is 0 Å². The minimum Gasteiger partial charge on any atom is -0.377 e. The Kier molecular flexibility index (Phi) is 7.61. The van der Waals surface area contributed by atoms with Gasteiger partial charge in [0, 0.05) is 58.8 Å². The highest BCUT2D eigenvalue weighted by atomic mass is 16.5. The molecule has 7 heteroatoms. The lowest BCUT2D eigenvalue weighted by atomic mass is 10.1. The molecule has 0 atom stereocenters. The van der Waals surface area contributed by atoms with Gasteiger partial charge in [-0.15, -0.1) is 0 Å². The number of nitrogens with zero attached hydrogens (tertiary/aromatic N) is 5. The zero-order valence-electron chi connectivity index (χ0n) is 16.8. The molecule has 0 aliphatic carbocycles. The molecular formula is C21H30N6O. The van der Waals surface area contributed by atoms with E-state index >= 15 is 0 Å². The average Bonchev–Trinajstić information content (AvgIpc) is 2.76. The van der Waals surface area contributed by atoms with Gasteiger partial charge in [-0.3, -0.25) is 4.99 Å². The van der Waals surface area contributed by atoms with Crippen molar-refractivity contribution in [1.82, 2.24) is 20.2 Å². The number of rotatable bonds is 7. The van der Waals surface area contributed by atoms with Gasteiger partial charge in [0.1, 0.15) is 0 Å². The van der Waals surface area contributed by atoms with E-state index < -0.39 is 0 Å². The average molecular weight is 383 g/mol. The van der Waals surface area contributed by atoms with Gasteiger partial charge < -0.3 is 19.9 Å². The van der Waals surface area contributed by atoms with Crippen molar-refractivity contribution < 1.29 is 4.74 Å². The minimum absolute atomic E-state index is 0.653. The normalized spacial score (nSPS) is 15.0. The summed E-state index contributed by atoms with van der Waals surface area (Å²) >= 11 is 0. The fourth-order valence-electron chi connectivity index (χ4n) is 3.28. The van der Waals surface area contributed by atoms with Crippen LogP contribution in [0.5, 0.6) is 0 Å². The van der Waals surface area contributed by atoms with Crippen LogP contribution in [0, 0.1) is 0 Å². The molecule has 2 aromatic rings. The first-order valence-corrected chi connectivity index (χ1v) is 9.94. The van der Waals surface area contributed by atoms with E-state index in [9.17, 15) is 0 Å². The topological polar surface area (TPSA) is 65.9 Å². The highest BCUT2D eigenvalue weighted by molar-refractivity contribution is 5.80. The van der Waals surface area contributed by atoms with E-state index in [2.05, 4.69) is 61.3 Å². The summed E-state index contributed by atoms with van der Waals surface area (Å²) in [6.07, 6.45) is 4.61. The molecule has 0 bridgehead atoms. The maximum atomic E-state index is 5.73. The van der Waals surface area contributed by atoms with E-state index in [0.29, 0.717) is 6.61 Å². The summed E-state index contributed by atoms with van der Waals surface area (Å²) in [5.41, 5.74) is 2.47. The molecule has 28 heavy (non-hydrogen) atoms. The standard InChI is InChI=1S/C21H30N6O/c1-3-15-28-17-19-8-5-4-7-18(19)16-25-20(22-2)26-11-13-27(14-12-26)21-23-9-6-10-24-21/h4-10H,3,11-17H2,1-2H3,(H,22,25). The maximum Gasteiger partial charge on any atom is 0.225 e. The highest BCUT2D eigenvalue weighted by Gasteiger charge is 2.21. The molecule has 1 N–H and O–H groups in total. The second-order valence-corrected chi connectivity index (χ2v) is 6.74. The van der Waals surface area contributed by atoms with Crippen molar-refractivity contribution in [2.45, 2.75) is 26.5 Å². The molecule has 1 fully saturated rings. The molecule has 1 saturated heterocycles. The summed E-state index contributed by atoms with van der Waals surface area (Å²) in [7, 11) is 1.84. The molecule has 0 radical (unpaired) electrons. The van der Waals surface area contributed by atoms with Crippen LogP contribution in [0.25, 0.3) is 0 Å². The number of nitrogens with one attached hydrogen (secondary N) is 1. The van der Waals surface area contributed by atoms with Crippen molar-refractivity contribution in [3.8, 4) is 0 Å². The monoisotopic (exact) mass is 382 g/mol. The van der Waals surface area contributed by atoms with Gasteiger partial charge in [0.05, 0.1) is 6.61 Å². The highest BCUT2D eigenvalue weighted by Crippen LogP contribution is 2.12. The van der Waals surface area contributed by atoms with Crippen LogP contribution in [-0.2, 0) is 17.9 Å². The Hall–Kier alpha value is -2.67. The molecule has 1 aliphatic rings. The van der Waals surface area contributed by atoms with Crippen molar-refractivity contribution in [2.24, 2.45) is 4.99 Å². The Labute approximate surface area is 167 Å². The zero-order valence-corrected chi connectivity index (χ0v) is 16.8. The molecule has 0 saturated carbocycles. The molecule has 1 aliphatic heterocycles. The Bertz CT molecular complexity index is 744. The van der Waals surface area contributed by atoms with Gasteiger partial charge in [-0.25, -0.2) is 9.97 Å². The fourth-order valence-corrected chi connectivity index (χ4v) is 3.28. The van der Waals surface area contributed by atoms with Gasteiger partial charge in [0.15, 0.2) is 5.96 Å². The first-order chi connectivity index (χ1) is 13.8. The first-order valence-electron chi connectivity index (χ1n) is 9.94. The molecule has 3 rings (SSSR count). The minimum atomic E-state index is 0.653. The first kappa shape index (κ1) is 20.1. The third-order valence-corrected chi connectivity index (χ3v) is 4.79. The van der Waals surface area contributed by atoms with Crippen molar-refractivity contribution >= 4 is 11.9 Å². The van der Waals surface area contributed by atoms with E-state index in [1.165, 1.54) is 11.1 Å². The molecule has 7 nitrogen and oxygen atoms in total. The number of benzene rings is 1. The molecular weight excluding hydrogens is 352 g/mol. The van der Waals surface area contributed by atoms with Crippen molar-refractivity contribution in [2.75, 3.05) is 44.7 Å². The van der Waals surface area contributed by atoms with Crippen LogP contribution in [0.2, 0.25) is 0 Å². The fraction of sp³-hybridized carbons (Fsp3) is 0.476. The van der Waals surface area contributed by atoms with Crippen LogP contribution < -0.4 is 10.2 Å². The number of hydrogen-bond donors (Lipinski definition) is 1. The van der Waals surface area contributed by atoms with Gasteiger partial charge in [0.2, 0.25) is 5.95 Å². The summed E-state index contributed by atoms with van der Waals surface area (Å²) in [5.74, 6) is 1.73. The van der Waals surface area contributed by atoms with Gasteiger partial charge in [-0.1, -0.05) is 31.2 Å². The van der Waals surface area contributed by atoms with E-state index in [1.54, 1.807) is 12.4 Å². The Balaban J connectivity index is 1.53. The number of ether oxygens (including phenoxy) is 1. The van der Waals surface area contributed by atoms with Crippen LogP contribution in [-0.4, -0.2) is 60.7 Å². The van der Waals surface area contributed by atoms with Gasteiger partial charge in [-0.05, 0) is 23.6 Å². The van der Waals surface area contributed by atoms with E-state index in [1.807, 2.05) is 13.1 Å². The SMILES string of the molecule is CCCOCc1ccccc1CNC(=NC)N1CCN(c2ncccn2)CC1. The lowest BCUT2D eigenvalue weighted by Gasteiger charge is -2.36. The number of anilines is 1. The number of hydrogen-bond acceptors (Lipinski definition) is 5. The van der Waals surface area contributed by atoms with Gasteiger partial charge in [0.25, 0.3) is 0 Å². The number of guanidine groups is 1. The summed E-state index contributed by atoms with van der Waals surface area (Å²) in [5, 5.41) is 3.51. The molecule has 1 aromatic heterocycles. The third-order valence-electron chi connectivity index (χ3n) is 4.79. The summed E-state index contributed by atoms with van der Waals surface area (Å²) in [6.45, 7) is 7.84. The number of aromatic nitrogens is 2. The van der Waals surface area contributed by atoms with E-state index in [-0.39, 0.29) is 0 Å². The second kappa shape index (κ2) is 10.6. The summed E-state index contributed by atoms with van der Waals surface area (Å²) in [6, 6.07) is 10.3. The predicted molar refractivity (Wildman–Crippen MR) is 112 cm³/mol. The summed E-state index contributed by atoms with van der Waals surface area (Å²) < 4.78 is 5.73. The Morgan fingerprint density at radius 3 is 2.46 bits per heavy atom. The zero-order chi connectivity index (χ0) is 19.6. The van der Waals surface area contributed by atoms with Crippen molar-refractivity contribution in [1.29, 1.82) is 0 Å². The van der Waals surface area contributed by atoms with Crippen LogP contribution in [0.3, 0.4) is 0 Å². The van der Waals surface area contributed by atoms with Crippen LogP contribution >= 0.6 is 0 Å².